The predicted octanol–water partition coefficient (Wildman–Crippen LogP) is 2.22. The monoisotopic (exact) mass is 420 g/mol. The van der Waals surface area contributed by atoms with Crippen LogP contribution in [0.4, 0.5) is 5.69 Å². The van der Waals surface area contributed by atoms with E-state index in [4.69, 9.17) is 27.9 Å². The normalized spacial score (nSPS) is 12.0. The fourth-order valence-corrected chi connectivity index (χ4v) is 2.67. The number of hydrazone groups is 1. The van der Waals surface area contributed by atoms with Crippen molar-refractivity contribution in [2.75, 3.05) is 13.7 Å². The van der Waals surface area contributed by atoms with Crippen molar-refractivity contribution in [2.24, 2.45) is 10.1 Å². The Balaban J connectivity index is 2.22. The third-order valence-corrected chi connectivity index (χ3v) is 4.33. The minimum atomic E-state index is -0.837. The summed E-state index contributed by atoms with van der Waals surface area (Å²) in [7, 11) is 1.54. The van der Waals surface area contributed by atoms with Gasteiger partial charge < -0.3 is 14.7 Å². The number of methoxy groups -OCH3 is 1. The third-order valence-electron chi connectivity index (χ3n) is 3.55. The number of fused-ring (bicyclic) bond motifs is 1. The van der Waals surface area contributed by atoms with Gasteiger partial charge in [0.1, 0.15) is 5.69 Å². The molecule has 0 spiro atoms. The van der Waals surface area contributed by atoms with E-state index in [9.17, 15) is 9.59 Å². The van der Waals surface area contributed by atoms with E-state index in [1.807, 2.05) is 0 Å². The Kier molecular flexibility index (Phi) is 6.19. The molecule has 144 valence electrons. The minimum Gasteiger partial charge on any atom is -0.379 e. The summed E-state index contributed by atoms with van der Waals surface area (Å²) in [6.45, 7) is 0.294. The molecule has 0 fully saturated rings. The number of hydrogen-bond acceptors (Lipinski definition) is 6. The maximum absolute atomic E-state index is 11.8. The lowest BCUT2D eigenvalue weighted by atomic mass is 10.2. The maximum Gasteiger partial charge on any atom is 0.314 e. The molecule has 0 saturated heterocycles. The van der Waals surface area contributed by atoms with E-state index in [-0.39, 0.29) is 32.6 Å². The molecule has 1 aromatic carbocycles. The van der Waals surface area contributed by atoms with Crippen LogP contribution in [0.3, 0.4) is 0 Å². The highest BCUT2D eigenvalue weighted by molar-refractivity contribution is 6.45. The second kappa shape index (κ2) is 8.79. The second-order valence-corrected chi connectivity index (χ2v) is 6.22. The van der Waals surface area contributed by atoms with Crippen LogP contribution in [-0.2, 0) is 4.74 Å². The molecule has 0 bridgehead atoms. The number of rotatable bonds is 5. The van der Waals surface area contributed by atoms with Gasteiger partial charge >= 0.3 is 11.1 Å². The predicted molar refractivity (Wildman–Crippen MR) is 109 cm³/mol. The van der Waals surface area contributed by atoms with Gasteiger partial charge in [-0.3, -0.25) is 20.0 Å². The zero-order chi connectivity index (χ0) is 20.1. The highest BCUT2D eigenvalue weighted by Gasteiger charge is 2.15. The summed E-state index contributed by atoms with van der Waals surface area (Å²) >= 11 is 12.5. The van der Waals surface area contributed by atoms with Crippen LogP contribution in [0.5, 0.6) is 0 Å². The number of hydrogen-bond donors (Lipinski definition) is 3. The van der Waals surface area contributed by atoms with Gasteiger partial charge in [0.25, 0.3) is 0 Å². The van der Waals surface area contributed by atoms with Crippen molar-refractivity contribution in [1.29, 1.82) is 0 Å². The number of halogens is 2. The first-order chi connectivity index (χ1) is 13.5. The van der Waals surface area contributed by atoms with Crippen molar-refractivity contribution >= 4 is 52.0 Å². The fourth-order valence-electron chi connectivity index (χ4n) is 2.28. The summed E-state index contributed by atoms with van der Waals surface area (Å²) in [5.74, 6) is 0.290. The molecule has 0 saturated carbocycles. The number of aromatic nitrogens is 3. The van der Waals surface area contributed by atoms with E-state index >= 15 is 0 Å². The SMILES string of the molecule is COC/C=N/NC(=Nc1c(Cl)c(Cl)cc2[nH]c(=O)c(=O)[nH]c12)c1cccnc1. The average Bonchev–Trinajstić information content (AvgIpc) is 2.69. The molecule has 0 atom stereocenters. The topological polar surface area (TPSA) is 125 Å². The van der Waals surface area contributed by atoms with Gasteiger partial charge in [0.05, 0.1) is 33.9 Å². The van der Waals surface area contributed by atoms with E-state index in [0.29, 0.717) is 12.2 Å². The van der Waals surface area contributed by atoms with Crippen molar-refractivity contribution < 1.29 is 4.74 Å². The van der Waals surface area contributed by atoms with E-state index in [0.717, 1.165) is 0 Å². The van der Waals surface area contributed by atoms with Gasteiger partial charge in [-0.15, -0.1) is 0 Å². The summed E-state index contributed by atoms with van der Waals surface area (Å²) in [5.41, 5.74) is 2.42. The standard InChI is InChI=1S/C17H14Cl2N6O3/c1-28-6-5-21-25-15(9-3-2-4-20-8-9)23-14-12(19)10(18)7-11-13(14)24-17(27)16(26)22-11/h2-5,7-8H,6H2,1H3,(H,22,26)(H,23,25)(H,24,27)/b21-5+. The highest BCUT2D eigenvalue weighted by Crippen LogP contribution is 2.37. The molecule has 0 unspecified atom stereocenters. The molecule has 9 nitrogen and oxygen atoms in total. The molecule has 0 amide bonds. The van der Waals surface area contributed by atoms with Crippen LogP contribution >= 0.6 is 23.2 Å². The Bertz CT molecular complexity index is 1170. The number of pyridine rings is 1. The van der Waals surface area contributed by atoms with Crippen molar-refractivity contribution in [3.05, 3.63) is 66.9 Å². The first-order valence-corrected chi connectivity index (χ1v) is 8.66. The number of ether oxygens (including phenoxy) is 1. The number of aromatic amines is 2. The van der Waals surface area contributed by atoms with Crippen LogP contribution in [-0.4, -0.2) is 40.7 Å². The van der Waals surface area contributed by atoms with Crippen LogP contribution in [0, 0.1) is 0 Å². The van der Waals surface area contributed by atoms with Gasteiger partial charge in [-0.2, -0.15) is 5.10 Å². The molecule has 3 aromatic rings. The molecule has 0 aliphatic rings. The number of aliphatic imine (C=N–C) groups is 1. The molecule has 0 aliphatic carbocycles. The Labute approximate surface area is 168 Å². The van der Waals surface area contributed by atoms with Crippen LogP contribution in [0.2, 0.25) is 10.0 Å². The van der Waals surface area contributed by atoms with Crippen LogP contribution in [0.25, 0.3) is 11.0 Å². The number of benzene rings is 1. The van der Waals surface area contributed by atoms with Crippen molar-refractivity contribution in [2.45, 2.75) is 0 Å². The average molecular weight is 421 g/mol. The molecular formula is C17H14Cl2N6O3. The third kappa shape index (κ3) is 4.28. The summed E-state index contributed by atoms with van der Waals surface area (Å²) in [5, 5.41) is 4.29. The highest BCUT2D eigenvalue weighted by atomic mass is 35.5. The van der Waals surface area contributed by atoms with Crippen LogP contribution in [0.1, 0.15) is 5.56 Å². The molecular weight excluding hydrogens is 407 g/mol. The Morgan fingerprint density at radius 3 is 2.82 bits per heavy atom. The van der Waals surface area contributed by atoms with Gasteiger partial charge in [0.2, 0.25) is 0 Å². The van der Waals surface area contributed by atoms with Crippen LogP contribution in [0.15, 0.2) is 50.3 Å². The maximum atomic E-state index is 11.8. The molecule has 3 rings (SSSR count). The van der Waals surface area contributed by atoms with Gasteiger partial charge in [-0.25, -0.2) is 4.99 Å². The number of nitrogens with one attached hydrogen (secondary N) is 3. The number of nitrogens with zero attached hydrogens (tertiary/aromatic N) is 3. The summed E-state index contributed by atoms with van der Waals surface area (Å²) in [6.07, 6.45) is 4.69. The van der Waals surface area contributed by atoms with Gasteiger partial charge in [-0.05, 0) is 18.2 Å². The lowest BCUT2D eigenvalue weighted by Gasteiger charge is -2.10. The number of H-pyrrole nitrogens is 2. The molecule has 28 heavy (non-hydrogen) atoms. The molecule has 11 heteroatoms. The first-order valence-electron chi connectivity index (χ1n) is 7.91. The zero-order valence-corrected chi connectivity index (χ0v) is 16.0. The summed E-state index contributed by atoms with van der Waals surface area (Å²) in [6, 6.07) is 4.92. The minimum absolute atomic E-state index is 0.0981. The lowest BCUT2D eigenvalue weighted by molar-refractivity contribution is 0.248. The van der Waals surface area contributed by atoms with Crippen molar-refractivity contribution in [1.82, 2.24) is 20.4 Å². The van der Waals surface area contributed by atoms with Gasteiger partial charge in [0, 0.05) is 25.1 Å². The van der Waals surface area contributed by atoms with Crippen molar-refractivity contribution in [3.63, 3.8) is 0 Å². The van der Waals surface area contributed by atoms with E-state index in [1.165, 1.54) is 19.4 Å². The molecule has 0 aliphatic heterocycles. The molecule has 0 radical (unpaired) electrons. The van der Waals surface area contributed by atoms with E-state index in [1.54, 1.807) is 24.5 Å². The zero-order valence-electron chi connectivity index (χ0n) is 14.5. The number of amidine groups is 1. The van der Waals surface area contributed by atoms with Crippen molar-refractivity contribution in [3.8, 4) is 0 Å². The van der Waals surface area contributed by atoms with E-state index < -0.39 is 11.1 Å². The largest absolute Gasteiger partial charge is 0.379 e. The lowest BCUT2D eigenvalue weighted by Crippen LogP contribution is -2.29. The first kappa shape index (κ1) is 19.7. The van der Waals surface area contributed by atoms with Crippen LogP contribution < -0.4 is 16.5 Å². The Morgan fingerprint density at radius 2 is 2.11 bits per heavy atom. The second-order valence-electron chi connectivity index (χ2n) is 5.43. The Morgan fingerprint density at radius 1 is 1.32 bits per heavy atom. The quantitative estimate of drug-likeness (QED) is 0.252. The Hall–Kier alpha value is -3.01. The summed E-state index contributed by atoms with van der Waals surface area (Å²) in [4.78, 5) is 36.9. The molecule has 2 aromatic heterocycles. The smallest absolute Gasteiger partial charge is 0.314 e. The fraction of sp³-hybridized carbons (Fsp3) is 0.118. The molecule has 3 N–H and O–H groups in total. The molecule has 2 heterocycles. The van der Waals surface area contributed by atoms with E-state index in [2.05, 4.69) is 30.5 Å². The summed E-state index contributed by atoms with van der Waals surface area (Å²) < 4.78 is 4.91. The van der Waals surface area contributed by atoms with Gasteiger partial charge in [-0.1, -0.05) is 23.2 Å². The van der Waals surface area contributed by atoms with Gasteiger partial charge in [0.15, 0.2) is 5.84 Å².